The lowest BCUT2D eigenvalue weighted by atomic mass is 10.1. The van der Waals surface area contributed by atoms with Crippen molar-refractivity contribution in [1.29, 1.82) is 0 Å². The van der Waals surface area contributed by atoms with Gasteiger partial charge in [-0.2, -0.15) is 0 Å². The predicted octanol–water partition coefficient (Wildman–Crippen LogP) is 5.05. The van der Waals surface area contributed by atoms with Gasteiger partial charge in [-0.05, 0) is 61.9 Å². The Hall–Kier alpha value is -3.91. The van der Waals surface area contributed by atoms with Crippen molar-refractivity contribution < 1.29 is 14.3 Å². The third-order valence-electron chi connectivity index (χ3n) is 5.60. The molecule has 34 heavy (non-hydrogen) atoms. The molecule has 0 unspecified atom stereocenters. The van der Waals surface area contributed by atoms with E-state index in [1.54, 1.807) is 37.3 Å². The SMILES string of the molecule is C[C@H](Nc1ccc2c(c1)NC(=O)[C@H](C)O2)C(=O)Nc1ccc(Cc2nc3ccccc3s2)cc1. The Morgan fingerprint density at radius 2 is 1.88 bits per heavy atom. The van der Waals surface area contributed by atoms with E-state index < -0.39 is 12.1 Å². The zero-order valence-electron chi connectivity index (χ0n) is 18.8. The summed E-state index contributed by atoms with van der Waals surface area (Å²) in [5, 5.41) is 9.99. The van der Waals surface area contributed by atoms with Gasteiger partial charge in [-0.1, -0.05) is 24.3 Å². The molecule has 0 radical (unpaired) electrons. The van der Waals surface area contributed by atoms with E-state index in [4.69, 9.17) is 4.74 Å². The molecule has 0 aliphatic carbocycles. The van der Waals surface area contributed by atoms with Gasteiger partial charge in [0.15, 0.2) is 6.10 Å². The number of para-hydroxylation sites is 1. The smallest absolute Gasteiger partial charge is 0.265 e. The van der Waals surface area contributed by atoms with E-state index in [1.165, 1.54) is 4.70 Å². The van der Waals surface area contributed by atoms with Crippen LogP contribution in [-0.4, -0.2) is 28.9 Å². The summed E-state index contributed by atoms with van der Waals surface area (Å²) < 4.78 is 6.76. The minimum absolute atomic E-state index is 0.162. The topological polar surface area (TPSA) is 92.4 Å². The summed E-state index contributed by atoms with van der Waals surface area (Å²) in [6.45, 7) is 3.48. The number of nitrogens with one attached hydrogen (secondary N) is 3. The zero-order chi connectivity index (χ0) is 23.7. The largest absolute Gasteiger partial charge is 0.479 e. The molecule has 3 N–H and O–H groups in total. The Labute approximate surface area is 201 Å². The Kier molecular flexibility index (Phi) is 5.90. The number of benzene rings is 3. The van der Waals surface area contributed by atoms with E-state index in [9.17, 15) is 9.59 Å². The molecule has 0 fully saturated rings. The molecule has 0 spiro atoms. The molecule has 4 aromatic rings. The highest BCUT2D eigenvalue weighted by Gasteiger charge is 2.24. The molecule has 172 valence electrons. The van der Waals surface area contributed by atoms with Crippen LogP contribution in [0.3, 0.4) is 0 Å². The van der Waals surface area contributed by atoms with Crippen molar-refractivity contribution in [3.63, 3.8) is 0 Å². The molecule has 3 aromatic carbocycles. The Balaban J connectivity index is 1.18. The fraction of sp³-hybridized carbons (Fsp3) is 0.192. The van der Waals surface area contributed by atoms with Crippen molar-refractivity contribution in [2.75, 3.05) is 16.0 Å². The maximum Gasteiger partial charge on any atom is 0.265 e. The van der Waals surface area contributed by atoms with Gasteiger partial charge in [0.1, 0.15) is 11.8 Å². The number of anilines is 3. The van der Waals surface area contributed by atoms with Crippen LogP contribution in [0.4, 0.5) is 17.1 Å². The highest BCUT2D eigenvalue weighted by Crippen LogP contribution is 2.32. The van der Waals surface area contributed by atoms with Gasteiger partial charge in [0, 0.05) is 17.8 Å². The summed E-state index contributed by atoms with van der Waals surface area (Å²) >= 11 is 1.70. The van der Waals surface area contributed by atoms with Crippen LogP contribution in [0.15, 0.2) is 66.7 Å². The van der Waals surface area contributed by atoms with E-state index in [0.29, 0.717) is 17.1 Å². The van der Waals surface area contributed by atoms with Gasteiger partial charge < -0.3 is 20.7 Å². The van der Waals surface area contributed by atoms with Crippen LogP contribution in [0.2, 0.25) is 0 Å². The quantitative estimate of drug-likeness (QED) is 0.365. The van der Waals surface area contributed by atoms with Crippen LogP contribution in [-0.2, 0) is 16.0 Å². The Morgan fingerprint density at radius 1 is 1.12 bits per heavy atom. The molecule has 1 aliphatic heterocycles. The number of nitrogens with zero attached hydrogens (tertiary/aromatic N) is 1. The van der Waals surface area contributed by atoms with Crippen molar-refractivity contribution in [2.24, 2.45) is 0 Å². The van der Waals surface area contributed by atoms with Crippen molar-refractivity contribution in [3.8, 4) is 5.75 Å². The summed E-state index contributed by atoms with van der Waals surface area (Å²) in [4.78, 5) is 29.2. The minimum Gasteiger partial charge on any atom is -0.479 e. The van der Waals surface area contributed by atoms with Gasteiger partial charge in [0.05, 0.1) is 20.9 Å². The van der Waals surface area contributed by atoms with Crippen LogP contribution < -0.4 is 20.7 Å². The van der Waals surface area contributed by atoms with Crippen LogP contribution >= 0.6 is 11.3 Å². The lowest BCUT2D eigenvalue weighted by molar-refractivity contribution is -0.122. The molecule has 5 rings (SSSR count). The summed E-state index contributed by atoms with van der Waals surface area (Å²) in [6, 6.07) is 20.8. The van der Waals surface area contributed by atoms with E-state index >= 15 is 0 Å². The molecule has 2 amide bonds. The second kappa shape index (κ2) is 9.15. The number of rotatable bonds is 6. The summed E-state index contributed by atoms with van der Waals surface area (Å²) in [5.41, 5.74) is 4.19. The monoisotopic (exact) mass is 472 g/mol. The number of carbonyl (C=O) groups excluding carboxylic acids is 2. The van der Waals surface area contributed by atoms with E-state index in [1.807, 2.05) is 48.5 Å². The molecular weight excluding hydrogens is 448 g/mol. The summed E-state index contributed by atoms with van der Waals surface area (Å²) in [5.74, 6) is 0.258. The van der Waals surface area contributed by atoms with Gasteiger partial charge in [-0.25, -0.2) is 4.98 Å². The highest BCUT2D eigenvalue weighted by molar-refractivity contribution is 7.18. The van der Waals surface area contributed by atoms with E-state index in [0.717, 1.165) is 28.2 Å². The molecule has 0 saturated carbocycles. The number of ether oxygens (including phenoxy) is 1. The van der Waals surface area contributed by atoms with Gasteiger partial charge in [-0.15, -0.1) is 11.3 Å². The first-order valence-corrected chi connectivity index (χ1v) is 11.9. The average Bonchev–Trinajstić information content (AvgIpc) is 3.23. The Bertz CT molecular complexity index is 1330. The Morgan fingerprint density at radius 3 is 2.68 bits per heavy atom. The van der Waals surface area contributed by atoms with Crippen molar-refractivity contribution in [2.45, 2.75) is 32.4 Å². The van der Waals surface area contributed by atoms with Gasteiger partial charge in [0.2, 0.25) is 5.91 Å². The molecule has 1 aromatic heterocycles. The van der Waals surface area contributed by atoms with Crippen molar-refractivity contribution in [3.05, 3.63) is 77.3 Å². The maximum atomic E-state index is 12.7. The zero-order valence-corrected chi connectivity index (χ0v) is 19.6. The van der Waals surface area contributed by atoms with Gasteiger partial charge in [-0.3, -0.25) is 9.59 Å². The van der Waals surface area contributed by atoms with Crippen LogP contribution in [0.1, 0.15) is 24.4 Å². The van der Waals surface area contributed by atoms with Gasteiger partial charge >= 0.3 is 0 Å². The average molecular weight is 473 g/mol. The number of hydrogen-bond acceptors (Lipinski definition) is 6. The molecule has 2 atom stereocenters. The predicted molar refractivity (Wildman–Crippen MR) is 136 cm³/mol. The number of hydrogen-bond donors (Lipinski definition) is 3. The second-order valence-electron chi connectivity index (χ2n) is 8.26. The number of amides is 2. The first-order valence-electron chi connectivity index (χ1n) is 11.1. The number of carbonyl (C=O) groups is 2. The lowest BCUT2D eigenvalue weighted by Gasteiger charge is -2.24. The number of aromatic nitrogens is 1. The third kappa shape index (κ3) is 4.72. The normalized spacial score (nSPS) is 15.7. The van der Waals surface area contributed by atoms with E-state index in [-0.39, 0.29) is 11.8 Å². The first kappa shape index (κ1) is 21.9. The molecule has 8 heteroatoms. The van der Waals surface area contributed by atoms with E-state index in [2.05, 4.69) is 27.0 Å². The molecule has 1 aliphatic rings. The van der Waals surface area contributed by atoms with Crippen LogP contribution in [0, 0.1) is 0 Å². The first-order chi connectivity index (χ1) is 16.4. The molecular formula is C26H24N4O3S. The molecule has 0 saturated heterocycles. The number of fused-ring (bicyclic) bond motifs is 2. The minimum atomic E-state index is -0.524. The highest BCUT2D eigenvalue weighted by atomic mass is 32.1. The fourth-order valence-electron chi connectivity index (χ4n) is 3.74. The lowest BCUT2D eigenvalue weighted by Crippen LogP contribution is -2.34. The van der Waals surface area contributed by atoms with Crippen molar-refractivity contribution in [1.82, 2.24) is 4.98 Å². The molecule has 7 nitrogen and oxygen atoms in total. The summed E-state index contributed by atoms with van der Waals surface area (Å²) in [7, 11) is 0. The maximum absolute atomic E-state index is 12.7. The fourth-order valence-corrected chi connectivity index (χ4v) is 4.74. The standard InChI is InChI=1S/C26H24N4O3S/c1-15(27-19-11-12-22-21(14-19)30-26(32)16(2)33-22)25(31)28-18-9-7-17(8-10-18)13-24-29-20-5-3-4-6-23(20)34-24/h3-12,14-16,27H,13H2,1-2H3,(H,28,31)(H,30,32)/t15-,16-/m0/s1. The molecule has 2 heterocycles. The third-order valence-corrected chi connectivity index (χ3v) is 6.64. The van der Waals surface area contributed by atoms with Gasteiger partial charge in [0.25, 0.3) is 5.91 Å². The molecule has 0 bridgehead atoms. The van der Waals surface area contributed by atoms with Crippen molar-refractivity contribution >= 4 is 50.4 Å². The number of thiazole rings is 1. The van der Waals surface area contributed by atoms with Crippen LogP contribution in [0.25, 0.3) is 10.2 Å². The second-order valence-corrected chi connectivity index (χ2v) is 9.38. The summed E-state index contributed by atoms with van der Waals surface area (Å²) in [6.07, 6.45) is 0.228. The van der Waals surface area contributed by atoms with Crippen LogP contribution in [0.5, 0.6) is 5.75 Å².